The molecule has 1 aromatic carbocycles. The summed E-state index contributed by atoms with van der Waals surface area (Å²) in [5.41, 5.74) is 1.78. The monoisotopic (exact) mass is 331 g/mol. The summed E-state index contributed by atoms with van der Waals surface area (Å²) in [5.74, 6) is 0.930. The third-order valence-corrected chi connectivity index (χ3v) is 4.69. The molecule has 5 heteroatoms. The van der Waals surface area contributed by atoms with E-state index in [0.717, 1.165) is 36.1 Å². The summed E-state index contributed by atoms with van der Waals surface area (Å²) in [7, 11) is 0. The van der Waals surface area contributed by atoms with Gasteiger partial charge in [0.2, 0.25) is 0 Å². The molecule has 0 aliphatic heterocycles. The Labute approximate surface area is 133 Å². The Morgan fingerprint density at radius 2 is 2.00 bits per heavy atom. The van der Waals surface area contributed by atoms with Crippen LogP contribution in [-0.2, 0) is 13.0 Å². The maximum absolute atomic E-state index is 6.36. The van der Waals surface area contributed by atoms with Crippen molar-refractivity contribution in [3.8, 4) is 0 Å². The van der Waals surface area contributed by atoms with Crippen molar-refractivity contribution in [3.63, 3.8) is 0 Å². The van der Waals surface area contributed by atoms with Crippen LogP contribution in [0, 0.1) is 0 Å². The lowest BCUT2D eigenvalue weighted by Gasteiger charge is -2.04. The summed E-state index contributed by atoms with van der Waals surface area (Å²) in [6, 6.07) is 2.28. The lowest BCUT2D eigenvalue weighted by Crippen LogP contribution is -2.15. The van der Waals surface area contributed by atoms with Gasteiger partial charge >= 0.3 is 0 Å². The number of halogens is 3. The molecule has 0 saturated heterocycles. The van der Waals surface area contributed by atoms with Crippen molar-refractivity contribution in [2.24, 2.45) is 0 Å². The molecule has 1 aromatic heterocycles. The molecule has 1 aliphatic rings. The average Bonchev–Trinajstić information content (AvgIpc) is 3.17. The van der Waals surface area contributed by atoms with Gasteiger partial charge in [-0.25, -0.2) is 0 Å². The molecule has 2 nitrogen and oxygen atoms in total. The van der Waals surface area contributed by atoms with Crippen LogP contribution in [-0.4, -0.2) is 6.04 Å². The third-order valence-electron chi connectivity index (χ3n) is 3.62. The molecule has 2 aromatic rings. The van der Waals surface area contributed by atoms with Crippen molar-refractivity contribution in [2.45, 2.75) is 45.2 Å². The number of nitrogens with one attached hydrogen (secondary N) is 1. The van der Waals surface area contributed by atoms with Crippen molar-refractivity contribution < 1.29 is 4.42 Å². The summed E-state index contributed by atoms with van der Waals surface area (Å²) < 4.78 is 5.96. The van der Waals surface area contributed by atoms with Gasteiger partial charge in [-0.3, -0.25) is 0 Å². The number of hydrogen-bond acceptors (Lipinski definition) is 2. The van der Waals surface area contributed by atoms with E-state index in [-0.39, 0.29) is 0 Å². The quantitative estimate of drug-likeness (QED) is 0.721. The average molecular weight is 333 g/mol. The molecule has 0 bridgehead atoms. The number of hydrogen-bond donors (Lipinski definition) is 1. The highest BCUT2D eigenvalue weighted by molar-refractivity contribution is 6.47. The highest BCUT2D eigenvalue weighted by atomic mass is 35.5. The fourth-order valence-corrected chi connectivity index (χ4v) is 3.21. The predicted molar refractivity (Wildman–Crippen MR) is 85.1 cm³/mol. The molecule has 1 heterocycles. The van der Waals surface area contributed by atoms with Crippen LogP contribution in [0.4, 0.5) is 0 Å². The van der Waals surface area contributed by atoms with E-state index in [9.17, 15) is 0 Å². The molecule has 0 spiro atoms. The van der Waals surface area contributed by atoms with Crippen molar-refractivity contribution in [3.05, 3.63) is 32.5 Å². The standard InChI is InChI=1S/C15H16Cl3NO/c1-2-3-9-12(7-19-8-4-5-8)20-15-11(17)6-10(16)14(18)13(9)15/h6,8,19H,2-5,7H2,1H3. The van der Waals surface area contributed by atoms with Crippen LogP contribution in [0.5, 0.6) is 0 Å². The third kappa shape index (κ3) is 2.67. The van der Waals surface area contributed by atoms with Gasteiger partial charge in [0.1, 0.15) is 5.76 Å². The molecule has 0 radical (unpaired) electrons. The van der Waals surface area contributed by atoms with Crippen LogP contribution in [0.15, 0.2) is 10.5 Å². The van der Waals surface area contributed by atoms with Gasteiger partial charge < -0.3 is 9.73 Å². The second-order valence-electron chi connectivity index (χ2n) is 5.27. The van der Waals surface area contributed by atoms with Crippen molar-refractivity contribution in [1.82, 2.24) is 5.32 Å². The number of furan rings is 1. The molecule has 1 saturated carbocycles. The summed E-state index contributed by atoms with van der Waals surface area (Å²) in [6.45, 7) is 2.86. The number of aryl methyl sites for hydroxylation is 1. The molecule has 20 heavy (non-hydrogen) atoms. The zero-order valence-electron chi connectivity index (χ0n) is 11.2. The van der Waals surface area contributed by atoms with Crippen LogP contribution in [0.2, 0.25) is 15.1 Å². The molecule has 1 N–H and O–H groups in total. The van der Waals surface area contributed by atoms with E-state index < -0.39 is 0 Å². The second-order valence-corrected chi connectivity index (χ2v) is 6.46. The molecule has 3 rings (SSSR count). The van der Waals surface area contributed by atoms with E-state index in [0.29, 0.717) is 26.7 Å². The Kier molecular flexibility index (Phi) is 4.19. The minimum absolute atomic E-state index is 0.476. The van der Waals surface area contributed by atoms with Gasteiger partial charge in [0.05, 0.1) is 21.6 Å². The molecule has 0 atom stereocenters. The number of rotatable bonds is 5. The zero-order valence-corrected chi connectivity index (χ0v) is 13.5. The van der Waals surface area contributed by atoms with E-state index in [4.69, 9.17) is 39.2 Å². The van der Waals surface area contributed by atoms with Crippen molar-refractivity contribution in [1.29, 1.82) is 0 Å². The fraction of sp³-hybridized carbons (Fsp3) is 0.467. The van der Waals surface area contributed by atoms with Gasteiger partial charge in [-0.05, 0) is 25.3 Å². The Balaban J connectivity index is 2.10. The summed E-state index contributed by atoms with van der Waals surface area (Å²) >= 11 is 18.7. The Hall–Kier alpha value is -0.410. The van der Waals surface area contributed by atoms with Gasteiger partial charge in [0.25, 0.3) is 0 Å². The first-order valence-corrected chi connectivity index (χ1v) is 8.06. The molecule has 108 valence electrons. The lowest BCUT2D eigenvalue weighted by molar-refractivity contribution is 0.506. The topological polar surface area (TPSA) is 25.2 Å². The zero-order chi connectivity index (χ0) is 14.3. The van der Waals surface area contributed by atoms with Crippen LogP contribution < -0.4 is 5.32 Å². The smallest absolute Gasteiger partial charge is 0.154 e. The van der Waals surface area contributed by atoms with Crippen LogP contribution in [0.1, 0.15) is 37.5 Å². The number of benzene rings is 1. The van der Waals surface area contributed by atoms with Gasteiger partial charge in [-0.15, -0.1) is 0 Å². The maximum atomic E-state index is 6.36. The molecule has 0 amide bonds. The minimum atomic E-state index is 0.476. The summed E-state index contributed by atoms with van der Waals surface area (Å²) in [6.07, 6.45) is 4.42. The van der Waals surface area contributed by atoms with E-state index in [2.05, 4.69) is 12.2 Å². The normalized spacial score (nSPS) is 15.2. The Bertz CT molecular complexity index is 646. The molecular formula is C15H16Cl3NO. The number of fused-ring (bicyclic) bond motifs is 1. The van der Waals surface area contributed by atoms with E-state index in [1.165, 1.54) is 12.8 Å². The molecule has 0 unspecified atom stereocenters. The molecular weight excluding hydrogens is 317 g/mol. The molecule has 1 fully saturated rings. The maximum Gasteiger partial charge on any atom is 0.154 e. The van der Waals surface area contributed by atoms with E-state index in [1.54, 1.807) is 6.07 Å². The minimum Gasteiger partial charge on any atom is -0.458 e. The highest BCUT2D eigenvalue weighted by Gasteiger charge is 2.24. The summed E-state index contributed by atoms with van der Waals surface area (Å²) in [4.78, 5) is 0. The van der Waals surface area contributed by atoms with Crippen molar-refractivity contribution in [2.75, 3.05) is 0 Å². The van der Waals surface area contributed by atoms with Crippen LogP contribution in [0.25, 0.3) is 11.0 Å². The lowest BCUT2D eigenvalue weighted by atomic mass is 10.1. The van der Waals surface area contributed by atoms with Gasteiger partial charge in [-0.2, -0.15) is 0 Å². The largest absolute Gasteiger partial charge is 0.458 e. The first-order valence-electron chi connectivity index (χ1n) is 6.93. The Morgan fingerprint density at radius 1 is 1.25 bits per heavy atom. The van der Waals surface area contributed by atoms with Gasteiger partial charge in [0.15, 0.2) is 5.58 Å². The van der Waals surface area contributed by atoms with Crippen LogP contribution >= 0.6 is 34.8 Å². The van der Waals surface area contributed by atoms with Crippen molar-refractivity contribution >= 4 is 45.8 Å². The van der Waals surface area contributed by atoms with E-state index in [1.807, 2.05) is 0 Å². The van der Waals surface area contributed by atoms with Gasteiger partial charge in [0, 0.05) is 17.0 Å². The molecule has 1 aliphatic carbocycles. The SMILES string of the molecule is CCCc1c(CNC2CC2)oc2c(Cl)cc(Cl)c(Cl)c12. The first kappa shape index (κ1) is 14.5. The second kappa shape index (κ2) is 5.76. The predicted octanol–water partition coefficient (Wildman–Crippen LogP) is 5.60. The first-order chi connectivity index (χ1) is 9.61. The van der Waals surface area contributed by atoms with E-state index >= 15 is 0 Å². The summed E-state index contributed by atoms with van der Waals surface area (Å²) in [5, 5.41) is 5.88. The Morgan fingerprint density at radius 3 is 2.65 bits per heavy atom. The van der Waals surface area contributed by atoms with Gasteiger partial charge in [-0.1, -0.05) is 48.1 Å². The highest BCUT2D eigenvalue weighted by Crippen LogP contribution is 2.41. The van der Waals surface area contributed by atoms with Crippen LogP contribution in [0.3, 0.4) is 0 Å². The fourth-order valence-electron chi connectivity index (χ4n) is 2.45.